The van der Waals surface area contributed by atoms with Crippen LogP contribution in [0.15, 0.2) is 29.7 Å². The van der Waals surface area contributed by atoms with Crippen LogP contribution < -0.4 is 0 Å². The van der Waals surface area contributed by atoms with Crippen molar-refractivity contribution in [3.63, 3.8) is 0 Å². The summed E-state index contributed by atoms with van der Waals surface area (Å²) in [7, 11) is -1.24. The summed E-state index contributed by atoms with van der Waals surface area (Å²) in [5, 5.41) is 7.83. The van der Waals surface area contributed by atoms with Crippen molar-refractivity contribution in [1.82, 2.24) is 14.8 Å². The van der Waals surface area contributed by atoms with Crippen LogP contribution in [0.2, 0.25) is 0 Å². The van der Waals surface area contributed by atoms with Gasteiger partial charge in [0.25, 0.3) is 0 Å². The summed E-state index contributed by atoms with van der Waals surface area (Å²) in [5.41, 5.74) is 3.33. The second kappa shape index (κ2) is 5.28. The Kier molecular flexibility index (Phi) is 3.48. The molecule has 0 saturated heterocycles. The molecule has 0 spiro atoms. The van der Waals surface area contributed by atoms with Crippen molar-refractivity contribution in [3.05, 3.63) is 41.2 Å². The van der Waals surface area contributed by atoms with Gasteiger partial charge in [0.1, 0.15) is 6.33 Å². The van der Waals surface area contributed by atoms with Gasteiger partial charge in [0, 0.05) is 11.8 Å². The number of ketones is 1. The van der Waals surface area contributed by atoms with Crippen LogP contribution in [0.5, 0.6) is 0 Å². The van der Waals surface area contributed by atoms with Gasteiger partial charge in [0.15, 0.2) is 5.78 Å². The molecule has 0 N–H and O–H groups in total. The highest BCUT2D eigenvalue weighted by atomic mass is 32.2. The van der Waals surface area contributed by atoms with Gasteiger partial charge in [-0.05, 0) is 36.5 Å². The molecule has 1 atom stereocenters. The molecule has 1 unspecified atom stereocenters. The minimum Gasteiger partial charge on any atom is -0.299 e. The number of nitrogens with zero attached hydrogens (tertiary/aromatic N) is 3. The van der Waals surface area contributed by atoms with E-state index in [1.165, 1.54) is 23.7 Å². The maximum absolute atomic E-state index is 12.3. The molecule has 0 fully saturated rings. The van der Waals surface area contributed by atoms with Crippen molar-refractivity contribution in [1.29, 1.82) is 0 Å². The first-order valence-electron chi connectivity index (χ1n) is 6.51. The van der Waals surface area contributed by atoms with Crippen LogP contribution in [0.4, 0.5) is 0 Å². The van der Waals surface area contributed by atoms with Gasteiger partial charge in [-0.25, -0.2) is 0 Å². The average molecular weight is 289 g/mol. The largest absolute Gasteiger partial charge is 0.299 e. The Morgan fingerprint density at radius 3 is 2.95 bits per heavy atom. The highest BCUT2D eigenvalue weighted by Crippen LogP contribution is 2.23. The summed E-state index contributed by atoms with van der Waals surface area (Å²) in [4.78, 5) is 12.3. The summed E-state index contributed by atoms with van der Waals surface area (Å²) < 4.78 is 13.0. The molecule has 2 aromatic rings. The number of aromatic nitrogens is 3. The Morgan fingerprint density at radius 2 is 2.15 bits per heavy atom. The van der Waals surface area contributed by atoms with Crippen molar-refractivity contribution in [2.75, 3.05) is 6.26 Å². The minimum absolute atomic E-state index is 0.00815. The summed E-state index contributed by atoms with van der Waals surface area (Å²) >= 11 is 0. The fourth-order valence-corrected chi connectivity index (χ4v) is 3.17. The molecular formula is C14H15N3O2S. The lowest BCUT2D eigenvalue weighted by molar-refractivity contribution is 0.0969. The van der Waals surface area contributed by atoms with Gasteiger partial charge in [-0.3, -0.25) is 13.6 Å². The van der Waals surface area contributed by atoms with E-state index in [-0.39, 0.29) is 12.3 Å². The van der Waals surface area contributed by atoms with E-state index in [9.17, 15) is 9.00 Å². The van der Waals surface area contributed by atoms with Crippen LogP contribution in [-0.2, 0) is 30.2 Å². The fourth-order valence-electron chi connectivity index (χ4n) is 2.57. The molecule has 3 rings (SSSR count). The van der Waals surface area contributed by atoms with E-state index in [1.807, 2.05) is 18.2 Å². The first-order valence-corrected chi connectivity index (χ1v) is 8.07. The number of rotatable bonds is 4. The number of Topliss-reactive ketones (excluding diaryl/α,β-unsaturated/α-hetero) is 1. The molecule has 0 saturated carbocycles. The second-order valence-electron chi connectivity index (χ2n) is 4.96. The van der Waals surface area contributed by atoms with Gasteiger partial charge in [0.2, 0.25) is 5.16 Å². The zero-order valence-corrected chi connectivity index (χ0v) is 12.0. The van der Waals surface area contributed by atoms with E-state index in [2.05, 4.69) is 10.2 Å². The summed E-state index contributed by atoms with van der Waals surface area (Å²) in [6.45, 7) is 0.126. The van der Waals surface area contributed by atoms with Crippen LogP contribution in [0.1, 0.15) is 27.9 Å². The molecule has 1 aliphatic rings. The molecule has 1 aliphatic carbocycles. The third-order valence-electron chi connectivity index (χ3n) is 3.57. The molecule has 1 aromatic heterocycles. The standard InChI is InChI=1S/C14H15N3O2S/c1-20(19)14-16-15-9-17(14)8-13(18)12-6-5-10-3-2-4-11(10)7-12/h5-7,9H,2-4,8H2,1H3. The number of aryl methyl sites for hydroxylation is 2. The van der Waals surface area contributed by atoms with Crippen molar-refractivity contribution in [2.24, 2.45) is 0 Å². The molecule has 20 heavy (non-hydrogen) atoms. The maximum atomic E-state index is 12.3. The van der Waals surface area contributed by atoms with Crippen molar-refractivity contribution in [2.45, 2.75) is 31.0 Å². The molecule has 6 heteroatoms. The van der Waals surface area contributed by atoms with Gasteiger partial charge in [0.05, 0.1) is 17.3 Å². The monoisotopic (exact) mass is 289 g/mol. The van der Waals surface area contributed by atoms with Gasteiger partial charge in [-0.1, -0.05) is 12.1 Å². The van der Waals surface area contributed by atoms with Crippen LogP contribution in [0.3, 0.4) is 0 Å². The lowest BCUT2D eigenvalue weighted by Crippen LogP contribution is -2.13. The van der Waals surface area contributed by atoms with Crippen LogP contribution >= 0.6 is 0 Å². The highest BCUT2D eigenvalue weighted by Gasteiger charge is 2.16. The molecule has 104 valence electrons. The summed E-state index contributed by atoms with van der Waals surface area (Å²) in [6, 6.07) is 5.90. The Hall–Kier alpha value is -1.82. The first kappa shape index (κ1) is 13.2. The Bertz CT molecular complexity index is 693. The van der Waals surface area contributed by atoms with Gasteiger partial charge in [-0.2, -0.15) is 0 Å². The number of carbonyl (C=O) groups excluding carboxylic acids is 1. The van der Waals surface area contributed by atoms with Crippen LogP contribution in [0.25, 0.3) is 0 Å². The van der Waals surface area contributed by atoms with E-state index < -0.39 is 10.8 Å². The van der Waals surface area contributed by atoms with Crippen molar-refractivity contribution >= 4 is 16.6 Å². The van der Waals surface area contributed by atoms with E-state index >= 15 is 0 Å². The SMILES string of the molecule is CS(=O)c1nncn1CC(=O)c1ccc2c(c1)CCC2. The number of hydrogen-bond donors (Lipinski definition) is 0. The zero-order valence-electron chi connectivity index (χ0n) is 11.2. The number of hydrogen-bond acceptors (Lipinski definition) is 4. The van der Waals surface area contributed by atoms with E-state index in [0.29, 0.717) is 10.7 Å². The Balaban J connectivity index is 1.83. The van der Waals surface area contributed by atoms with Gasteiger partial charge < -0.3 is 0 Å². The van der Waals surface area contributed by atoms with Gasteiger partial charge in [-0.15, -0.1) is 10.2 Å². The molecular weight excluding hydrogens is 274 g/mol. The molecule has 5 nitrogen and oxygen atoms in total. The lowest BCUT2D eigenvalue weighted by Gasteiger charge is -2.06. The topological polar surface area (TPSA) is 64.8 Å². The highest BCUT2D eigenvalue weighted by molar-refractivity contribution is 7.84. The molecule has 1 aromatic carbocycles. The van der Waals surface area contributed by atoms with E-state index in [0.717, 1.165) is 19.3 Å². The normalized spacial score (nSPS) is 15.1. The minimum atomic E-state index is -1.24. The number of benzene rings is 1. The smallest absolute Gasteiger partial charge is 0.221 e. The zero-order chi connectivity index (χ0) is 14.1. The average Bonchev–Trinajstić information content (AvgIpc) is 3.05. The Labute approximate surface area is 119 Å². The lowest BCUT2D eigenvalue weighted by atomic mass is 10.0. The summed E-state index contributed by atoms with van der Waals surface area (Å²) in [6.07, 6.45) is 6.29. The molecule has 0 amide bonds. The third kappa shape index (κ3) is 2.43. The van der Waals surface area contributed by atoms with Gasteiger partial charge >= 0.3 is 0 Å². The number of fused-ring (bicyclic) bond motifs is 1. The quantitative estimate of drug-likeness (QED) is 0.798. The fraction of sp³-hybridized carbons (Fsp3) is 0.357. The molecule has 0 aliphatic heterocycles. The first-order chi connectivity index (χ1) is 9.65. The predicted molar refractivity (Wildman–Crippen MR) is 75.2 cm³/mol. The maximum Gasteiger partial charge on any atom is 0.221 e. The van der Waals surface area contributed by atoms with Crippen LogP contribution in [-0.4, -0.2) is 31.0 Å². The van der Waals surface area contributed by atoms with E-state index in [4.69, 9.17) is 0 Å². The second-order valence-corrected chi connectivity index (χ2v) is 6.23. The van der Waals surface area contributed by atoms with Crippen molar-refractivity contribution < 1.29 is 9.00 Å². The Morgan fingerprint density at radius 1 is 1.35 bits per heavy atom. The molecule has 0 bridgehead atoms. The third-order valence-corrected chi connectivity index (χ3v) is 4.40. The van der Waals surface area contributed by atoms with E-state index in [1.54, 1.807) is 4.57 Å². The van der Waals surface area contributed by atoms with Crippen LogP contribution in [0, 0.1) is 0 Å². The summed E-state index contributed by atoms with van der Waals surface area (Å²) in [5.74, 6) is -0.00815. The predicted octanol–water partition coefficient (Wildman–Crippen LogP) is 1.39. The molecule has 1 heterocycles. The number of carbonyl (C=O) groups is 1. The molecule has 0 radical (unpaired) electrons. The van der Waals surface area contributed by atoms with Crippen molar-refractivity contribution in [3.8, 4) is 0 Å².